The lowest BCUT2D eigenvalue weighted by Gasteiger charge is -2.21. The fourth-order valence-electron chi connectivity index (χ4n) is 7.40. The van der Waals surface area contributed by atoms with Crippen LogP contribution in [-0.2, 0) is 42.2 Å². The molecule has 0 bridgehead atoms. The van der Waals surface area contributed by atoms with E-state index in [-0.39, 0.29) is 25.9 Å². The van der Waals surface area contributed by atoms with Gasteiger partial charge in [0, 0.05) is 19.3 Å². The molecule has 422 valence electrons. The maximum atomic E-state index is 12.9. The Bertz CT molecular complexity index is 1660. The molecule has 74 heavy (non-hydrogen) atoms. The van der Waals surface area contributed by atoms with E-state index in [1.165, 1.54) is 51.4 Å². The summed E-state index contributed by atoms with van der Waals surface area (Å²) in [4.78, 5) is 48.5. The standard InChI is InChI=1S/C62H103O11P/c1-4-7-10-13-16-19-22-24-26-28-29-31-33-35-38-41-44-47-50-53-62(66)73-59(55-69-60(64)51-48-45-42-39-36-21-18-15-12-9-6-3)57-71-74(67,68)70-56-58(54-63)72-61(65)52-49-46-43-40-37-34-32-30-27-25-23-20-17-14-11-8-5-2/h7-8,10-11,16-17,19-20,24-27,29,31,35,38,44,47,58-59,63H,4-6,9,12-15,18,21-23,28,30,32-34,36-37,39-43,45-46,48-57H2,1-3H3,(H,67,68)/b10-7-,11-8-,19-16-,20-17-,26-24-,27-25-,31-29-,38-35-,47-44-. The van der Waals surface area contributed by atoms with Gasteiger partial charge in [-0.2, -0.15) is 0 Å². The Labute approximate surface area is 450 Å². The first-order valence-electron chi connectivity index (χ1n) is 28.8. The van der Waals surface area contributed by atoms with E-state index in [1.54, 1.807) is 0 Å². The van der Waals surface area contributed by atoms with E-state index in [4.69, 9.17) is 23.3 Å². The molecule has 2 N–H and O–H groups in total. The second-order valence-corrected chi connectivity index (χ2v) is 20.1. The molecule has 0 aromatic carbocycles. The predicted molar refractivity (Wildman–Crippen MR) is 307 cm³/mol. The highest BCUT2D eigenvalue weighted by Gasteiger charge is 2.28. The van der Waals surface area contributed by atoms with Crippen LogP contribution in [0.25, 0.3) is 0 Å². The monoisotopic (exact) mass is 1050 g/mol. The molecule has 11 nitrogen and oxygen atoms in total. The zero-order chi connectivity index (χ0) is 54.1. The number of hydrogen-bond acceptors (Lipinski definition) is 10. The average Bonchev–Trinajstić information content (AvgIpc) is 3.39. The van der Waals surface area contributed by atoms with Crippen LogP contribution in [0.3, 0.4) is 0 Å². The number of ether oxygens (including phenoxy) is 3. The number of aliphatic hydroxyl groups is 1. The van der Waals surface area contributed by atoms with Gasteiger partial charge in [-0.1, -0.05) is 226 Å². The van der Waals surface area contributed by atoms with Crippen molar-refractivity contribution in [1.29, 1.82) is 0 Å². The van der Waals surface area contributed by atoms with Crippen LogP contribution in [0.2, 0.25) is 0 Å². The number of unbranched alkanes of at least 4 members (excludes halogenated alkanes) is 17. The maximum absolute atomic E-state index is 12.9. The third kappa shape index (κ3) is 53.0. The van der Waals surface area contributed by atoms with Crippen molar-refractivity contribution < 1.29 is 52.2 Å². The second-order valence-electron chi connectivity index (χ2n) is 18.7. The van der Waals surface area contributed by atoms with Gasteiger partial charge in [-0.25, -0.2) is 4.57 Å². The highest BCUT2D eigenvalue weighted by molar-refractivity contribution is 7.47. The quantitative estimate of drug-likeness (QED) is 0.0197. The Balaban J connectivity index is 4.79. The van der Waals surface area contributed by atoms with Gasteiger partial charge < -0.3 is 24.2 Å². The molecular formula is C62H103O11P. The topological polar surface area (TPSA) is 155 Å². The molecule has 0 amide bonds. The molecule has 0 spiro atoms. The van der Waals surface area contributed by atoms with E-state index in [0.29, 0.717) is 25.7 Å². The summed E-state index contributed by atoms with van der Waals surface area (Å²) in [5, 5.41) is 9.82. The minimum absolute atomic E-state index is 0.0386. The van der Waals surface area contributed by atoms with Crippen molar-refractivity contribution in [1.82, 2.24) is 0 Å². The number of allylic oxidation sites excluding steroid dienone is 18. The molecular weight excluding hydrogens is 952 g/mol. The van der Waals surface area contributed by atoms with Crippen LogP contribution in [0.5, 0.6) is 0 Å². The van der Waals surface area contributed by atoms with Gasteiger partial charge in [-0.15, -0.1) is 0 Å². The van der Waals surface area contributed by atoms with Crippen molar-refractivity contribution in [3.63, 3.8) is 0 Å². The molecule has 0 saturated carbocycles. The van der Waals surface area contributed by atoms with E-state index < -0.39 is 57.8 Å². The molecule has 0 aromatic heterocycles. The molecule has 0 aliphatic carbocycles. The van der Waals surface area contributed by atoms with Gasteiger partial charge in [0.25, 0.3) is 0 Å². The fraction of sp³-hybridized carbons (Fsp3) is 0.661. The third-order valence-electron chi connectivity index (χ3n) is 11.7. The Morgan fingerprint density at radius 2 is 0.730 bits per heavy atom. The number of esters is 3. The highest BCUT2D eigenvalue weighted by Crippen LogP contribution is 2.43. The molecule has 0 radical (unpaired) electrons. The zero-order valence-electron chi connectivity index (χ0n) is 46.5. The van der Waals surface area contributed by atoms with Gasteiger partial charge in [-0.05, 0) is 89.9 Å². The molecule has 0 aliphatic heterocycles. The van der Waals surface area contributed by atoms with Crippen LogP contribution in [0.1, 0.15) is 226 Å². The Kier molecular flexibility index (Phi) is 52.5. The molecule has 3 atom stereocenters. The minimum atomic E-state index is -4.77. The van der Waals surface area contributed by atoms with Crippen LogP contribution in [0, 0.1) is 0 Å². The van der Waals surface area contributed by atoms with Crippen LogP contribution in [-0.4, -0.2) is 66.5 Å². The summed E-state index contributed by atoms with van der Waals surface area (Å²) in [6.45, 7) is 4.31. The maximum Gasteiger partial charge on any atom is 0.472 e. The first-order chi connectivity index (χ1) is 36.2. The van der Waals surface area contributed by atoms with Gasteiger partial charge in [0.15, 0.2) is 6.10 Å². The van der Waals surface area contributed by atoms with Crippen molar-refractivity contribution in [3.05, 3.63) is 109 Å². The molecule has 0 aliphatic rings. The number of hydrogen-bond donors (Lipinski definition) is 2. The average molecular weight is 1060 g/mol. The summed E-state index contributed by atoms with van der Waals surface area (Å²) in [5.74, 6) is -1.58. The lowest BCUT2D eigenvalue weighted by atomic mass is 10.1. The predicted octanol–water partition coefficient (Wildman–Crippen LogP) is 17.0. The number of rotatable bonds is 52. The van der Waals surface area contributed by atoms with E-state index in [0.717, 1.165) is 109 Å². The molecule has 0 aromatic rings. The smallest absolute Gasteiger partial charge is 0.462 e. The van der Waals surface area contributed by atoms with E-state index in [2.05, 4.69) is 118 Å². The van der Waals surface area contributed by atoms with E-state index in [9.17, 15) is 28.9 Å². The van der Waals surface area contributed by atoms with Gasteiger partial charge in [0.05, 0.1) is 19.8 Å². The SMILES string of the molecule is CC/C=C\C/C=C\C/C=C\C/C=C\C/C=C\C/C=C\CCC(=O)OC(COC(=O)CCCCCCCCCCCCC)COP(=O)(O)OCC(CO)OC(=O)CCCCCCCCC/C=C\C/C=C\C/C=C\CC. The largest absolute Gasteiger partial charge is 0.472 e. The number of phosphoric ester groups is 1. The van der Waals surface area contributed by atoms with Crippen molar-refractivity contribution >= 4 is 25.7 Å². The van der Waals surface area contributed by atoms with Crippen LogP contribution in [0.4, 0.5) is 0 Å². The van der Waals surface area contributed by atoms with E-state index in [1.807, 2.05) is 12.2 Å². The number of phosphoric acid groups is 1. The van der Waals surface area contributed by atoms with Gasteiger partial charge in [-0.3, -0.25) is 23.4 Å². The minimum Gasteiger partial charge on any atom is -0.462 e. The van der Waals surface area contributed by atoms with Crippen LogP contribution in [0.15, 0.2) is 109 Å². The first-order valence-corrected chi connectivity index (χ1v) is 30.3. The molecule has 0 fully saturated rings. The summed E-state index contributed by atoms with van der Waals surface area (Å²) in [7, 11) is -4.77. The molecule has 0 saturated heterocycles. The van der Waals surface area contributed by atoms with Crippen molar-refractivity contribution in [2.24, 2.45) is 0 Å². The second kappa shape index (κ2) is 55.4. The fourth-order valence-corrected chi connectivity index (χ4v) is 8.18. The molecule has 0 heterocycles. The van der Waals surface area contributed by atoms with Crippen molar-refractivity contribution in [3.8, 4) is 0 Å². The Morgan fingerprint density at radius 1 is 0.392 bits per heavy atom. The van der Waals surface area contributed by atoms with Crippen molar-refractivity contribution in [2.75, 3.05) is 26.4 Å². The summed E-state index contributed by atoms with van der Waals surface area (Å²) in [6, 6.07) is 0. The van der Waals surface area contributed by atoms with Gasteiger partial charge >= 0.3 is 25.7 Å². The van der Waals surface area contributed by atoms with Gasteiger partial charge in [0.2, 0.25) is 0 Å². The Hall–Kier alpha value is -3.86. The Morgan fingerprint density at radius 3 is 1.16 bits per heavy atom. The zero-order valence-corrected chi connectivity index (χ0v) is 47.4. The molecule has 12 heteroatoms. The van der Waals surface area contributed by atoms with Gasteiger partial charge in [0.1, 0.15) is 12.7 Å². The number of carbonyl (C=O) groups excluding carboxylic acids is 3. The highest BCUT2D eigenvalue weighted by atomic mass is 31.2. The van der Waals surface area contributed by atoms with Crippen LogP contribution < -0.4 is 0 Å². The molecule has 3 unspecified atom stereocenters. The molecule has 0 rings (SSSR count). The van der Waals surface area contributed by atoms with Crippen molar-refractivity contribution in [2.45, 2.75) is 238 Å². The van der Waals surface area contributed by atoms with E-state index >= 15 is 0 Å². The number of aliphatic hydroxyl groups excluding tert-OH is 1. The lowest BCUT2D eigenvalue weighted by Crippen LogP contribution is -2.30. The number of carbonyl (C=O) groups is 3. The summed E-state index contributed by atoms with van der Waals surface area (Å²) < 4.78 is 39.4. The lowest BCUT2D eigenvalue weighted by molar-refractivity contribution is -0.161. The summed E-state index contributed by atoms with van der Waals surface area (Å²) >= 11 is 0. The normalized spacial score (nSPS) is 14.2. The first kappa shape index (κ1) is 70.1. The third-order valence-corrected chi connectivity index (χ3v) is 12.7. The summed E-state index contributed by atoms with van der Waals surface area (Å²) in [5.41, 5.74) is 0. The summed E-state index contributed by atoms with van der Waals surface area (Å²) in [6.07, 6.45) is 66.3. The van der Waals surface area contributed by atoms with Crippen LogP contribution >= 0.6 is 7.82 Å².